The van der Waals surface area contributed by atoms with Crippen LogP contribution in [0.25, 0.3) is 11.3 Å². The number of aromatic nitrogens is 1. The number of hydrogen-bond donors (Lipinski definition) is 1. The molecule has 2 aromatic rings. The summed E-state index contributed by atoms with van der Waals surface area (Å²) >= 11 is 1.57. The molecule has 1 saturated heterocycles. The van der Waals surface area contributed by atoms with Gasteiger partial charge in [0.2, 0.25) is 5.13 Å². The molecule has 1 fully saturated rings. The Morgan fingerprint density at radius 1 is 1.33 bits per heavy atom. The Hall–Kier alpha value is -1.88. The highest BCUT2D eigenvalue weighted by Crippen LogP contribution is 2.33. The summed E-state index contributed by atoms with van der Waals surface area (Å²) in [5, 5.41) is 6.19. The van der Waals surface area contributed by atoms with E-state index in [0.29, 0.717) is 6.61 Å². The smallest absolute Gasteiger partial charge is 0.211 e. The van der Waals surface area contributed by atoms with E-state index < -0.39 is 0 Å². The number of aliphatic imine (C=N–C) groups is 1. The quantitative estimate of drug-likeness (QED) is 0.928. The standard InChI is InChI=1S/C16H19N3OS/c1-2-20-14-8-4-3-7-12(14)13-11-21-16(18-13)19-15-9-5-6-10-17-15/h3-4,7-8,11H,2,5-6,9-10H2,1H3,(H,17,18,19). The molecule has 2 heterocycles. The lowest BCUT2D eigenvalue weighted by molar-refractivity contribution is 0.341. The van der Waals surface area contributed by atoms with Gasteiger partial charge in [0.05, 0.1) is 12.3 Å². The predicted octanol–water partition coefficient (Wildman–Crippen LogP) is 4.01. The van der Waals surface area contributed by atoms with Crippen LogP contribution in [0.2, 0.25) is 0 Å². The van der Waals surface area contributed by atoms with Crippen LogP contribution in [0.4, 0.5) is 5.13 Å². The summed E-state index contributed by atoms with van der Waals surface area (Å²) in [6.07, 6.45) is 3.45. The Kier molecular flexibility index (Phi) is 4.50. The number of hydrogen-bond acceptors (Lipinski definition) is 4. The largest absolute Gasteiger partial charge is 0.493 e. The molecule has 1 aliphatic rings. The van der Waals surface area contributed by atoms with Gasteiger partial charge < -0.3 is 10.1 Å². The van der Waals surface area contributed by atoms with E-state index in [1.165, 1.54) is 12.8 Å². The van der Waals surface area contributed by atoms with Gasteiger partial charge in [-0.25, -0.2) is 9.98 Å². The second kappa shape index (κ2) is 6.72. The molecule has 110 valence electrons. The van der Waals surface area contributed by atoms with Crippen molar-refractivity contribution in [1.82, 2.24) is 10.3 Å². The second-order valence-electron chi connectivity index (χ2n) is 4.89. The number of benzene rings is 1. The molecule has 1 N–H and O–H groups in total. The van der Waals surface area contributed by atoms with Crippen LogP contribution in [0.15, 0.2) is 34.6 Å². The highest BCUT2D eigenvalue weighted by atomic mass is 32.1. The Morgan fingerprint density at radius 2 is 2.24 bits per heavy atom. The third-order valence-electron chi connectivity index (χ3n) is 3.35. The SMILES string of the molecule is CCOc1ccccc1-c1csc(/N=C2/CCCCN2)n1. The lowest BCUT2D eigenvalue weighted by Crippen LogP contribution is -2.28. The summed E-state index contributed by atoms with van der Waals surface area (Å²) in [7, 11) is 0. The topological polar surface area (TPSA) is 46.5 Å². The van der Waals surface area contributed by atoms with Crippen molar-refractivity contribution in [3.8, 4) is 17.0 Å². The van der Waals surface area contributed by atoms with Crippen molar-refractivity contribution in [2.24, 2.45) is 4.99 Å². The molecule has 0 amide bonds. The monoisotopic (exact) mass is 301 g/mol. The number of rotatable bonds is 4. The van der Waals surface area contributed by atoms with Crippen molar-refractivity contribution < 1.29 is 4.74 Å². The summed E-state index contributed by atoms with van der Waals surface area (Å²) in [5.74, 6) is 1.93. The number of para-hydroxylation sites is 1. The summed E-state index contributed by atoms with van der Waals surface area (Å²) in [5.41, 5.74) is 1.96. The third kappa shape index (κ3) is 3.42. The number of nitrogens with zero attached hydrogens (tertiary/aromatic N) is 2. The first kappa shape index (κ1) is 14.1. The van der Waals surface area contributed by atoms with E-state index in [2.05, 4.69) is 15.3 Å². The molecule has 0 aliphatic carbocycles. The van der Waals surface area contributed by atoms with Crippen LogP contribution >= 0.6 is 11.3 Å². The number of nitrogens with one attached hydrogen (secondary N) is 1. The van der Waals surface area contributed by atoms with Gasteiger partial charge in [0.1, 0.15) is 11.6 Å². The maximum absolute atomic E-state index is 5.67. The molecule has 0 atom stereocenters. The van der Waals surface area contributed by atoms with Crippen molar-refractivity contribution in [2.75, 3.05) is 13.2 Å². The van der Waals surface area contributed by atoms with Gasteiger partial charge in [-0.2, -0.15) is 0 Å². The Balaban J connectivity index is 1.84. The molecule has 4 nitrogen and oxygen atoms in total. The zero-order valence-corrected chi connectivity index (χ0v) is 12.9. The summed E-state index contributed by atoms with van der Waals surface area (Å²) in [6, 6.07) is 8.00. The molecule has 0 radical (unpaired) electrons. The average molecular weight is 301 g/mol. The molecule has 3 rings (SSSR count). The van der Waals surface area contributed by atoms with Crippen molar-refractivity contribution in [1.29, 1.82) is 0 Å². The van der Waals surface area contributed by atoms with Gasteiger partial charge in [0, 0.05) is 23.9 Å². The van der Waals surface area contributed by atoms with Gasteiger partial charge in [-0.15, -0.1) is 11.3 Å². The molecular formula is C16H19N3OS. The lowest BCUT2D eigenvalue weighted by Gasteiger charge is -2.14. The number of ether oxygens (including phenoxy) is 1. The molecule has 1 aromatic carbocycles. The maximum atomic E-state index is 5.67. The number of thiazole rings is 1. The fourth-order valence-corrected chi connectivity index (χ4v) is 3.06. The van der Waals surface area contributed by atoms with Crippen LogP contribution in [0.5, 0.6) is 5.75 Å². The van der Waals surface area contributed by atoms with Crippen molar-refractivity contribution in [2.45, 2.75) is 26.2 Å². The fraction of sp³-hybridized carbons (Fsp3) is 0.375. The highest BCUT2D eigenvalue weighted by molar-refractivity contribution is 7.13. The Bertz CT molecular complexity index is 628. The van der Waals surface area contributed by atoms with E-state index in [1.807, 2.05) is 36.6 Å². The van der Waals surface area contributed by atoms with Crippen molar-refractivity contribution >= 4 is 22.3 Å². The van der Waals surface area contributed by atoms with Crippen LogP contribution in [0, 0.1) is 0 Å². The van der Waals surface area contributed by atoms with Gasteiger partial charge in [-0.3, -0.25) is 0 Å². The molecule has 0 spiro atoms. The summed E-state index contributed by atoms with van der Waals surface area (Å²) in [4.78, 5) is 9.24. The molecule has 1 aliphatic heterocycles. The zero-order valence-electron chi connectivity index (χ0n) is 12.1. The van der Waals surface area contributed by atoms with E-state index in [1.54, 1.807) is 11.3 Å². The molecule has 0 unspecified atom stereocenters. The molecular weight excluding hydrogens is 282 g/mol. The van der Waals surface area contributed by atoms with Crippen LogP contribution in [0.1, 0.15) is 26.2 Å². The molecule has 0 bridgehead atoms. The van der Waals surface area contributed by atoms with E-state index >= 15 is 0 Å². The predicted molar refractivity (Wildman–Crippen MR) is 87.7 cm³/mol. The van der Waals surface area contributed by atoms with E-state index in [9.17, 15) is 0 Å². The highest BCUT2D eigenvalue weighted by Gasteiger charge is 2.11. The number of piperidine rings is 1. The summed E-state index contributed by atoms with van der Waals surface area (Å²) < 4.78 is 5.67. The third-order valence-corrected chi connectivity index (χ3v) is 4.09. The first-order chi connectivity index (χ1) is 10.4. The fourth-order valence-electron chi connectivity index (χ4n) is 2.35. The number of amidine groups is 1. The van der Waals surface area contributed by atoms with E-state index in [-0.39, 0.29) is 0 Å². The van der Waals surface area contributed by atoms with Crippen molar-refractivity contribution in [3.63, 3.8) is 0 Å². The Labute approximate surface area is 128 Å². The van der Waals surface area contributed by atoms with Gasteiger partial charge in [-0.1, -0.05) is 12.1 Å². The van der Waals surface area contributed by atoms with E-state index in [0.717, 1.165) is 40.9 Å². The minimum Gasteiger partial charge on any atom is -0.493 e. The normalized spacial score (nSPS) is 16.7. The zero-order chi connectivity index (χ0) is 14.5. The minimum absolute atomic E-state index is 0.653. The van der Waals surface area contributed by atoms with E-state index in [4.69, 9.17) is 4.74 Å². The van der Waals surface area contributed by atoms with Crippen LogP contribution in [-0.2, 0) is 0 Å². The van der Waals surface area contributed by atoms with Gasteiger partial charge in [0.15, 0.2) is 0 Å². The average Bonchev–Trinajstić information content (AvgIpc) is 2.97. The van der Waals surface area contributed by atoms with Crippen LogP contribution in [-0.4, -0.2) is 24.0 Å². The van der Waals surface area contributed by atoms with Gasteiger partial charge in [-0.05, 0) is 31.9 Å². The first-order valence-corrected chi connectivity index (χ1v) is 8.24. The van der Waals surface area contributed by atoms with Crippen LogP contribution < -0.4 is 10.1 Å². The maximum Gasteiger partial charge on any atom is 0.211 e. The van der Waals surface area contributed by atoms with Crippen LogP contribution in [0.3, 0.4) is 0 Å². The molecule has 0 saturated carbocycles. The molecule has 21 heavy (non-hydrogen) atoms. The first-order valence-electron chi connectivity index (χ1n) is 7.36. The van der Waals surface area contributed by atoms with Gasteiger partial charge in [0.25, 0.3) is 0 Å². The summed E-state index contributed by atoms with van der Waals surface area (Å²) in [6.45, 7) is 3.66. The Morgan fingerprint density at radius 3 is 3.05 bits per heavy atom. The van der Waals surface area contributed by atoms with Crippen molar-refractivity contribution in [3.05, 3.63) is 29.6 Å². The minimum atomic E-state index is 0.653. The van der Waals surface area contributed by atoms with Gasteiger partial charge >= 0.3 is 0 Å². The second-order valence-corrected chi connectivity index (χ2v) is 5.72. The molecule has 1 aromatic heterocycles. The molecule has 5 heteroatoms. The lowest BCUT2D eigenvalue weighted by atomic mass is 10.1.